The van der Waals surface area contributed by atoms with Gasteiger partial charge in [-0.15, -0.1) is 11.3 Å². The summed E-state index contributed by atoms with van der Waals surface area (Å²) in [5, 5.41) is 3.15. The largest absolute Gasteiger partial charge is 0.348 e. The standard InChI is InChI=1S/C18H20BrN5OS/c1-12-17(26-11-20-12)18(25)22-14-4-6-23(7-5-14)9-15-10-24-8-13(19)2-3-16(24)21-15/h2-3,8,10-11,14H,4-7,9H2,1H3,(H,22,25). The molecule has 1 N–H and O–H groups in total. The molecule has 0 aliphatic carbocycles. The molecule has 0 saturated carbocycles. The second-order valence-electron chi connectivity index (χ2n) is 6.64. The Kier molecular flexibility index (Phi) is 5.06. The van der Waals surface area contributed by atoms with Gasteiger partial charge in [0.2, 0.25) is 0 Å². The van der Waals surface area contributed by atoms with Gasteiger partial charge < -0.3 is 9.72 Å². The molecule has 136 valence electrons. The molecular formula is C18H20BrN5OS. The van der Waals surface area contributed by atoms with Crippen molar-refractivity contribution in [3.05, 3.63) is 50.8 Å². The number of amides is 1. The van der Waals surface area contributed by atoms with E-state index in [1.54, 1.807) is 5.51 Å². The molecule has 3 aromatic heterocycles. The number of rotatable bonds is 4. The number of aryl methyl sites for hydroxylation is 1. The van der Waals surface area contributed by atoms with E-state index in [-0.39, 0.29) is 11.9 Å². The maximum absolute atomic E-state index is 12.3. The van der Waals surface area contributed by atoms with Gasteiger partial charge in [-0.05, 0) is 47.8 Å². The Labute approximate surface area is 164 Å². The van der Waals surface area contributed by atoms with Crippen LogP contribution in [-0.2, 0) is 6.54 Å². The quantitative estimate of drug-likeness (QED) is 0.685. The highest BCUT2D eigenvalue weighted by Gasteiger charge is 2.23. The van der Waals surface area contributed by atoms with E-state index in [1.165, 1.54) is 11.3 Å². The zero-order valence-corrected chi connectivity index (χ0v) is 16.9. The van der Waals surface area contributed by atoms with Crippen molar-refractivity contribution in [2.45, 2.75) is 32.4 Å². The Balaban J connectivity index is 1.31. The lowest BCUT2D eigenvalue weighted by Gasteiger charge is -2.31. The fourth-order valence-electron chi connectivity index (χ4n) is 3.33. The van der Waals surface area contributed by atoms with E-state index < -0.39 is 0 Å². The third kappa shape index (κ3) is 3.82. The summed E-state index contributed by atoms with van der Waals surface area (Å²) in [4.78, 5) is 24.3. The first kappa shape index (κ1) is 17.6. The van der Waals surface area contributed by atoms with Crippen LogP contribution in [0.25, 0.3) is 5.65 Å². The summed E-state index contributed by atoms with van der Waals surface area (Å²) in [6.07, 6.45) is 6.03. The number of halogens is 1. The summed E-state index contributed by atoms with van der Waals surface area (Å²) < 4.78 is 3.09. The minimum absolute atomic E-state index is 0.00868. The number of thiazole rings is 1. The third-order valence-electron chi connectivity index (χ3n) is 4.72. The normalized spacial score (nSPS) is 16.2. The van der Waals surface area contributed by atoms with Crippen LogP contribution >= 0.6 is 27.3 Å². The van der Waals surface area contributed by atoms with Crippen LogP contribution in [-0.4, -0.2) is 44.3 Å². The van der Waals surface area contributed by atoms with Crippen molar-refractivity contribution in [3.63, 3.8) is 0 Å². The highest BCUT2D eigenvalue weighted by Crippen LogP contribution is 2.18. The monoisotopic (exact) mass is 433 g/mol. The Morgan fingerprint density at radius 3 is 2.88 bits per heavy atom. The van der Waals surface area contributed by atoms with Crippen LogP contribution in [0.2, 0.25) is 0 Å². The molecule has 0 atom stereocenters. The average Bonchev–Trinajstić information content (AvgIpc) is 3.21. The molecule has 4 heterocycles. The van der Waals surface area contributed by atoms with Gasteiger partial charge in [-0.2, -0.15) is 0 Å². The van der Waals surface area contributed by atoms with Crippen LogP contribution in [0.1, 0.15) is 33.9 Å². The van der Waals surface area contributed by atoms with Crippen LogP contribution in [0.3, 0.4) is 0 Å². The van der Waals surface area contributed by atoms with Gasteiger partial charge >= 0.3 is 0 Å². The van der Waals surface area contributed by atoms with Gasteiger partial charge in [0, 0.05) is 42.5 Å². The van der Waals surface area contributed by atoms with Gasteiger partial charge in [-0.1, -0.05) is 0 Å². The minimum Gasteiger partial charge on any atom is -0.348 e. The van der Waals surface area contributed by atoms with Crippen molar-refractivity contribution in [2.75, 3.05) is 13.1 Å². The van der Waals surface area contributed by atoms with Crippen LogP contribution in [0, 0.1) is 6.92 Å². The molecule has 0 radical (unpaired) electrons. The second-order valence-corrected chi connectivity index (χ2v) is 8.41. The van der Waals surface area contributed by atoms with E-state index in [9.17, 15) is 4.79 Å². The molecule has 6 nitrogen and oxygen atoms in total. The maximum Gasteiger partial charge on any atom is 0.263 e. The van der Waals surface area contributed by atoms with Crippen molar-refractivity contribution < 1.29 is 4.79 Å². The Bertz CT molecular complexity index is 929. The first-order chi connectivity index (χ1) is 12.6. The number of imidazole rings is 1. The molecule has 4 rings (SSSR count). The molecular weight excluding hydrogens is 414 g/mol. The van der Waals surface area contributed by atoms with E-state index in [2.05, 4.69) is 42.3 Å². The SMILES string of the molecule is Cc1ncsc1C(=O)NC1CCN(Cc2cn3cc(Br)ccc3n2)CC1. The van der Waals surface area contributed by atoms with E-state index in [1.807, 2.05) is 29.7 Å². The van der Waals surface area contributed by atoms with Gasteiger partial charge in [-0.25, -0.2) is 9.97 Å². The number of hydrogen-bond acceptors (Lipinski definition) is 5. The molecule has 3 aromatic rings. The summed E-state index contributed by atoms with van der Waals surface area (Å²) in [6.45, 7) is 4.64. The lowest BCUT2D eigenvalue weighted by atomic mass is 10.0. The third-order valence-corrected chi connectivity index (χ3v) is 6.12. The van der Waals surface area contributed by atoms with E-state index in [0.717, 1.165) is 58.9 Å². The molecule has 26 heavy (non-hydrogen) atoms. The van der Waals surface area contributed by atoms with E-state index in [4.69, 9.17) is 0 Å². The molecule has 0 bridgehead atoms. The number of nitrogens with zero attached hydrogens (tertiary/aromatic N) is 4. The molecule has 1 saturated heterocycles. The second kappa shape index (κ2) is 7.46. The fourth-order valence-corrected chi connectivity index (χ4v) is 4.39. The lowest BCUT2D eigenvalue weighted by Crippen LogP contribution is -2.44. The average molecular weight is 434 g/mol. The first-order valence-electron chi connectivity index (χ1n) is 8.65. The van der Waals surface area contributed by atoms with Crippen LogP contribution < -0.4 is 5.32 Å². The molecule has 0 aromatic carbocycles. The van der Waals surface area contributed by atoms with Gasteiger partial charge in [0.15, 0.2) is 0 Å². The van der Waals surface area contributed by atoms with Crippen molar-refractivity contribution in [3.8, 4) is 0 Å². The number of fused-ring (bicyclic) bond motifs is 1. The minimum atomic E-state index is 0.00868. The number of nitrogens with one attached hydrogen (secondary N) is 1. The van der Waals surface area contributed by atoms with Crippen LogP contribution in [0.5, 0.6) is 0 Å². The Morgan fingerprint density at radius 2 is 2.15 bits per heavy atom. The highest BCUT2D eigenvalue weighted by atomic mass is 79.9. The van der Waals surface area contributed by atoms with Gasteiger partial charge in [-0.3, -0.25) is 9.69 Å². The molecule has 0 unspecified atom stereocenters. The highest BCUT2D eigenvalue weighted by molar-refractivity contribution is 9.10. The Morgan fingerprint density at radius 1 is 1.35 bits per heavy atom. The summed E-state index contributed by atoms with van der Waals surface area (Å²) in [7, 11) is 0. The summed E-state index contributed by atoms with van der Waals surface area (Å²) in [5.74, 6) is 0.00868. The number of aromatic nitrogens is 3. The lowest BCUT2D eigenvalue weighted by molar-refractivity contribution is 0.0912. The van der Waals surface area contributed by atoms with Gasteiger partial charge in [0.25, 0.3) is 5.91 Å². The van der Waals surface area contributed by atoms with Crippen molar-refractivity contribution in [1.29, 1.82) is 0 Å². The molecule has 1 amide bonds. The predicted octanol–water partition coefficient (Wildman–Crippen LogP) is 3.26. The van der Waals surface area contributed by atoms with Gasteiger partial charge in [0.05, 0.1) is 16.9 Å². The number of likely N-dealkylation sites (tertiary alicyclic amines) is 1. The van der Waals surface area contributed by atoms with Crippen LogP contribution in [0.4, 0.5) is 0 Å². The van der Waals surface area contributed by atoms with E-state index in [0.29, 0.717) is 0 Å². The molecule has 1 fully saturated rings. The van der Waals surface area contributed by atoms with Crippen molar-refractivity contribution in [1.82, 2.24) is 24.6 Å². The predicted molar refractivity (Wildman–Crippen MR) is 106 cm³/mol. The number of pyridine rings is 1. The number of hydrogen-bond donors (Lipinski definition) is 1. The molecule has 0 spiro atoms. The van der Waals surface area contributed by atoms with Crippen LogP contribution in [0.15, 0.2) is 34.5 Å². The topological polar surface area (TPSA) is 62.5 Å². The first-order valence-corrected chi connectivity index (χ1v) is 10.3. The summed E-state index contributed by atoms with van der Waals surface area (Å²) >= 11 is 4.89. The molecule has 1 aliphatic heterocycles. The van der Waals surface area contributed by atoms with Crippen molar-refractivity contribution in [2.24, 2.45) is 0 Å². The fraction of sp³-hybridized carbons (Fsp3) is 0.389. The number of carbonyl (C=O) groups excluding carboxylic acids is 1. The zero-order chi connectivity index (χ0) is 18.1. The van der Waals surface area contributed by atoms with Gasteiger partial charge in [0.1, 0.15) is 10.5 Å². The molecule has 1 aliphatic rings. The zero-order valence-electron chi connectivity index (χ0n) is 14.5. The number of carbonyl (C=O) groups is 1. The summed E-state index contributed by atoms with van der Waals surface area (Å²) in [6, 6.07) is 4.25. The Hall–Kier alpha value is -1.77. The number of piperidine rings is 1. The smallest absolute Gasteiger partial charge is 0.263 e. The maximum atomic E-state index is 12.3. The molecule has 8 heteroatoms. The summed E-state index contributed by atoms with van der Waals surface area (Å²) in [5.41, 5.74) is 4.57. The van der Waals surface area contributed by atoms with Crippen molar-refractivity contribution >= 4 is 38.8 Å². The van der Waals surface area contributed by atoms with E-state index >= 15 is 0 Å².